The number of ketones is 1. The third-order valence-electron chi connectivity index (χ3n) is 6.17. The van der Waals surface area contributed by atoms with Crippen molar-refractivity contribution < 1.29 is 23.8 Å². The number of likely N-dealkylation sites (tertiary alicyclic amines) is 1. The Morgan fingerprint density at radius 1 is 1.11 bits per heavy atom. The van der Waals surface area contributed by atoms with Gasteiger partial charge in [-0.3, -0.25) is 9.59 Å². The van der Waals surface area contributed by atoms with E-state index in [4.69, 9.17) is 14.2 Å². The minimum Gasteiger partial charge on any atom is -0.497 e. The molecule has 6 heteroatoms. The van der Waals surface area contributed by atoms with Crippen LogP contribution in [-0.4, -0.2) is 62.2 Å². The summed E-state index contributed by atoms with van der Waals surface area (Å²) < 4.78 is 16.5. The number of Topliss-reactive ketones (excluding diaryl/α,β-unsaturated/α-hetero) is 1. The van der Waals surface area contributed by atoms with E-state index in [0.29, 0.717) is 17.9 Å². The highest BCUT2D eigenvalue weighted by Gasteiger charge is 2.52. The molecule has 148 valence electrons. The van der Waals surface area contributed by atoms with Gasteiger partial charge in [-0.15, -0.1) is 0 Å². The fourth-order valence-electron chi connectivity index (χ4n) is 4.46. The Morgan fingerprint density at radius 2 is 1.85 bits per heavy atom. The molecule has 0 unspecified atom stereocenters. The van der Waals surface area contributed by atoms with E-state index in [2.05, 4.69) is 0 Å². The molecule has 0 N–H and O–H groups in total. The van der Waals surface area contributed by atoms with Gasteiger partial charge >= 0.3 is 0 Å². The van der Waals surface area contributed by atoms with Crippen LogP contribution in [-0.2, 0) is 14.3 Å². The Kier molecular flexibility index (Phi) is 6.17. The van der Waals surface area contributed by atoms with Gasteiger partial charge in [0.15, 0.2) is 5.78 Å². The normalized spacial score (nSPS) is 27.3. The van der Waals surface area contributed by atoms with Gasteiger partial charge in [0, 0.05) is 39.2 Å². The van der Waals surface area contributed by atoms with Crippen molar-refractivity contribution in [3.05, 3.63) is 29.8 Å². The van der Waals surface area contributed by atoms with Crippen LogP contribution in [0.3, 0.4) is 0 Å². The van der Waals surface area contributed by atoms with Crippen LogP contribution >= 0.6 is 0 Å². The van der Waals surface area contributed by atoms with E-state index < -0.39 is 0 Å². The van der Waals surface area contributed by atoms with E-state index in [1.807, 2.05) is 4.90 Å². The van der Waals surface area contributed by atoms with Gasteiger partial charge in [-0.25, -0.2) is 0 Å². The van der Waals surface area contributed by atoms with Gasteiger partial charge in [0.05, 0.1) is 24.9 Å². The summed E-state index contributed by atoms with van der Waals surface area (Å²) in [6.07, 6.45) is 4.10. The standard InChI is InChI=1S/C21H29NO5/c1-25-16-6-4-15(5-7-16)18(23)8-9-20(24)22-13-12-21(27-3)11-10-17(26-2)14-19(21)22/h4-7,17,19H,8-14H2,1-3H3/t17-,19+,21-/m1/s1. The van der Waals surface area contributed by atoms with E-state index in [0.717, 1.165) is 25.7 Å². The van der Waals surface area contributed by atoms with E-state index in [-0.39, 0.29) is 42.3 Å². The van der Waals surface area contributed by atoms with Crippen LogP contribution in [0.25, 0.3) is 0 Å². The number of fused-ring (bicyclic) bond motifs is 1. The smallest absolute Gasteiger partial charge is 0.223 e. The zero-order chi connectivity index (χ0) is 19.4. The highest BCUT2D eigenvalue weighted by atomic mass is 16.5. The summed E-state index contributed by atoms with van der Waals surface area (Å²) in [5, 5.41) is 0. The average Bonchev–Trinajstić information content (AvgIpc) is 3.11. The first-order chi connectivity index (χ1) is 13.0. The molecule has 27 heavy (non-hydrogen) atoms. The number of carbonyl (C=O) groups excluding carboxylic acids is 2. The Balaban J connectivity index is 1.60. The highest BCUT2D eigenvalue weighted by molar-refractivity contribution is 5.98. The van der Waals surface area contributed by atoms with Crippen molar-refractivity contribution in [2.24, 2.45) is 0 Å². The molecule has 1 aliphatic heterocycles. The molecule has 1 heterocycles. The van der Waals surface area contributed by atoms with Crippen molar-refractivity contribution in [1.82, 2.24) is 4.90 Å². The molecular weight excluding hydrogens is 346 g/mol. The third kappa shape index (κ3) is 4.01. The number of ether oxygens (including phenoxy) is 3. The summed E-state index contributed by atoms with van der Waals surface area (Å²) in [6.45, 7) is 0.685. The summed E-state index contributed by atoms with van der Waals surface area (Å²) >= 11 is 0. The summed E-state index contributed by atoms with van der Waals surface area (Å²) in [4.78, 5) is 27.2. The molecule has 2 aliphatic rings. The maximum absolute atomic E-state index is 12.8. The molecule has 3 rings (SSSR count). The Morgan fingerprint density at radius 3 is 2.48 bits per heavy atom. The molecule has 1 amide bonds. The monoisotopic (exact) mass is 375 g/mol. The third-order valence-corrected chi connectivity index (χ3v) is 6.17. The molecule has 3 atom stereocenters. The van der Waals surface area contributed by atoms with Crippen molar-refractivity contribution >= 4 is 11.7 Å². The minimum atomic E-state index is -0.259. The van der Waals surface area contributed by atoms with Gasteiger partial charge < -0.3 is 19.1 Å². The minimum absolute atomic E-state index is 0.0255. The highest BCUT2D eigenvalue weighted by Crippen LogP contribution is 2.43. The average molecular weight is 375 g/mol. The van der Waals surface area contributed by atoms with Crippen LogP contribution < -0.4 is 4.74 Å². The SMILES string of the molecule is COc1ccc(C(=O)CCC(=O)N2CC[C@]3(OC)CC[C@@H](OC)C[C@H]23)cc1. The Bertz CT molecular complexity index is 674. The first-order valence-electron chi connectivity index (χ1n) is 9.57. The number of methoxy groups -OCH3 is 3. The molecule has 2 fully saturated rings. The predicted molar refractivity (Wildman–Crippen MR) is 101 cm³/mol. The molecule has 0 spiro atoms. The largest absolute Gasteiger partial charge is 0.497 e. The first kappa shape index (κ1) is 19.8. The number of benzene rings is 1. The zero-order valence-corrected chi connectivity index (χ0v) is 16.4. The summed E-state index contributed by atoms with van der Waals surface area (Å²) in [5.74, 6) is 0.708. The molecular formula is C21H29NO5. The Labute approximate surface area is 160 Å². The summed E-state index contributed by atoms with van der Waals surface area (Å²) in [6, 6.07) is 7.03. The number of nitrogens with zero attached hydrogens (tertiary/aromatic N) is 1. The van der Waals surface area contributed by atoms with Crippen LogP contribution in [0.5, 0.6) is 5.75 Å². The second-order valence-electron chi connectivity index (χ2n) is 7.41. The number of rotatable bonds is 7. The van der Waals surface area contributed by atoms with Gasteiger partial charge in [0.2, 0.25) is 5.91 Å². The van der Waals surface area contributed by atoms with Gasteiger partial charge in [0.25, 0.3) is 0 Å². The van der Waals surface area contributed by atoms with Crippen LogP contribution in [0.15, 0.2) is 24.3 Å². The van der Waals surface area contributed by atoms with Crippen LogP contribution in [0, 0.1) is 0 Å². The number of carbonyl (C=O) groups is 2. The van der Waals surface area contributed by atoms with Crippen LogP contribution in [0.4, 0.5) is 0 Å². The van der Waals surface area contributed by atoms with Gasteiger partial charge in [-0.1, -0.05) is 0 Å². The zero-order valence-electron chi connectivity index (χ0n) is 16.4. The molecule has 1 aromatic carbocycles. The Hall–Kier alpha value is -1.92. The lowest BCUT2D eigenvalue weighted by molar-refractivity contribution is -0.140. The lowest BCUT2D eigenvalue weighted by atomic mass is 9.79. The molecule has 1 aromatic rings. The predicted octanol–water partition coefficient (Wildman–Crippen LogP) is 2.84. The molecule has 1 saturated carbocycles. The van der Waals surface area contributed by atoms with E-state index >= 15 is 0 Å². The van der Waals surface area contributed by atoms with E-state index in [1.54, 1.807) is 45.6 Å². The maximum atomic E-state index is 12.8. The fraction of sp³-hybridized carbons (Fsp3) is 0.619. The van der Waals surface area contributed by atoms with Crippen molar-refractivity contribution in [2.75, 3.05) is 27.9 Å². The molecule has 1 aliphatic carbocycles. The lowest BCUT2D eigenvalue weighted by Crippen LogP contribution is -2.53. The maximum Gasteiger partial charge on any atom is 0.223 e. The number of hydrogen-bond acceptors (Lipinski definition) is 5. The summed E-state index contributed by atoms with van der Waals surface area (Å²) in [5.41, 5.74) is 0.346. The molecule has 0 aromatic heterocycles. The quantitative estimate of drug-likeness (QED) is 0.686. The number of hydrogen-bond donors (Lipinski definition) is 0. The van der Waals surface area contributed by atoms with E-state index in [9.17, 15) is 9.59 Å². The second-order valence-corrected chi connectivity index (χ2v) is 7.41. The van der Waals surface area contributed by atoms with Gasteiger partial charge in [-0.2, -0.15) is 0 Å². The molecule has 1 saturated heterocycles. The molecule has 0 radical (unpaired) electrons. The lowest BCUT2D eigenvalue weighted by Gasteiger charge is -2.43. The van der Waals surface area contributed by atoms with Crippen LogP contribution in [0.1, 0.15) is 48.9 Å². The number of amides is 1. The molecule has 6 nitrogen and oxygen atoms in total. The van der Waals surface area contributed by atoms with Crippen molar-refractivity contribution in [3.63, 3.8) is 0 Å². The second kappa shape index (κ2) is 8.40. The van der Waals surface area contributed by atoms with E-state index in [1.165, 1.54) is 0 Å². The fourth-order valence-corrected chi connectivity index (χ4v) is 4.46. The van der Waals surface area contributed by atoms with Gasteiger partial charge in [-0.05, 0) is 49.9 Å². The molecule has 0 bridgehead atoms. The summed E-state index contributed by atoms with van der Waals surface area (Å²) in [7, 11) is 5.05. The topological polar surface area (TPSA) is 65.1 Å². The first-order valence-corrected chi connectivity index (χ1v) is 9.57. The van der Waals surface area contributed by atoms with Crippen molar-refractivity contribution in [3.8, 4) is 5.75 Å². The van der Waals surface area contributed by atoms with Crippen molar-refractivity contribution in [2.45, 2.75) is 56.3 Å². The van der Waals surface area contributed by atoms with Crippen LogP contribution in [0.2, 0.25) is 0 Å². The van der Waals surface area contributed by atoms with Crippen molar-refractivity contribution in [1.29, 1.82) is 0 Å². The van der Waals surface area contributed by atoms with Gasteiger partial charge in [0.1, 0.15) is 5.75 Å².